The first-order valence-electron chi connectivity index (χ1n) is 6.55. The van der Waals surface area contributed by atoms with E-state index in [1.54, 1.807) is 0 Å². The molecule has 2 aromatic carbocycles. The molecule has 0 aliphatic heterocycles. The maximum Gasteiger partial charge on any atom is 0.255 e. The van der Waals surface area contributed by atoms with Crippen molar-refractivity contribution >= 4 is 11.6 Å². The zero-order valence-electron chi connectivity index (χ0n) is 11.6. The van der Waals surface area contributed by atoms with Gasteiger partial charge in [-0.3, -0.25) is 4.79 Å². The third-order valence-corrected chi connectivity index (χ3v) is 3.20. The second kappa shape index (κ2) is 5.70. The van der Waals surface area contributed by atoms with E-state index in [4.69, 9.17) is 0 Å². The highest BCUT2D eigenvalue weighted by Gasteiger charge is 2.08. The predicted molar refractivity (Wildman–Crippen MR) is 79.7 cm³/mol. The zero-order chi connectivity index (χ0) is 13.8. The van der Waals surface area contributed by atoms with Crippen LogP contribution in [-0.2, 0) is 0 Å². The Balaban J connectivity index is 2.20. The standard InChI is InChI=1S/C17H19NO/c1-12(2)16-11-15(10-9-13(16)3)18-17(19)14-7-5-4-6-8-14/h4-12H,1-3H3,(H,18,19). The van der Waals surface area contributed by atoms with Gasteiger partial charge >= 0.3 is 0 Å². The average Bonchev–Trinajstić information content (AvgIpc) is 2.41. The quantitative estimate of drug-likeness (QED) is 0.864. The Morgan fingerprint density at radius 2 is 1.74 bits per heavy atom. The summed E-state index contributed by atoms with van der Waals surface area (Å²) in [5.41, 5.74) is 4.05. The van der Waals surface area contributed by atoms with Gasteiger partial charge in [0.15, 0.2) is 0 Å². The average molecular weight is 253 g/mol. The molecule has 0 unspecified atom stereocenters. The third-order valence-electron chi connectivity index (χ3n) is 3.20. The van der Waals surface area contributed by atoms with Gasteiger partial charge in [-0.05, 0) is 48.2 Å². The van der Waals surface area contributed by atoms with E-state index in [0.29, 0.717) is 11.5 Å². The maximum atomic E-state index is 12.1. The predicted octanol–water partition coefficient (Wildman–Crippen LogP) is 4.37. The van der Waals surface area contributed by atoms with Crippen LogP contribution in [0.5, 0.6) is 0 Å². The van der Waals surface area contributed by atoms with Gasteiger partial charge in [-0.25, -0.2) is 0 Å². The van der Waals surface area contributed by atoms with E-state index in [0.717, 1.165) is 5.69 Å². The highest BCUT2D eigenvalue weighted by atomic mass is 16.1. The first-order chi connectivity index (χ1) is 9.08. The molecule has 19 heavy (non-hydrogen) atoms. The van der Waals surface area contributed by atoms with Crippen LogP contribution in [0.2, 0.25) is 0 Å². The summed E-state index contributed by atoms with van der Waals surface area (Å²) in [6, 6.07) is 15.3. The molecular formula is C17H19NO. The van der Waals surface area contributed by atoms with Crippen LogP contribution in [-0.4, -0.2) is 5.91 Å². The number of benzene rings is 2. The molecule has 2 heteroatoms. The molecule has 2 nitrogen and oxygen atoms in total. The summed E-state index contributed by atoms with van der Waals surface area (Å²) in [5.74, 6) is 0.382. The molecule has 0 fully saturated rings. The van der Waals surface area contributed by atoms with Gasteiger partial charge in [0.05, 0.1) is 0 Å². The highest BCUT2D eigenvalue weighted by Crippen LogP contribution is 2.23. The first kappa shape index (κ1) is 13.3. The van der Waals surface area contributed by atoms with Crippen LogP contribution >= 0.6 is 0 Å². The second-order valence-electron chi connectivity index (χ2n) is 5.05. The van der Waals surface area contributed by atoms with Gasteiger partial charge in [0.25, 0.3) is 5.91 Å². The molecule has 0 spiro atoms. The summed E-state index contributed by atoms with van der Waals surface area (Å²) < 4.78 is 0. The number of hydrogen-bond donors (Lipinski definition) is 1. The number of anilines is 1. The van der Waals surface area contributed by atoms with Crippen LogP contribution in [0.1, 0.15) is 41.3 Å². The minimum atomic E-state index is -0.0702. The normalized spacial score (nSPS) is 10.5. The Labute approximate surface area is 114 Å². The number of carbonyl (C=O) groups is 1. The van der Waals surface area contributed by atoms with Crippen LogP contribution in [0, 0.1) is 6.92 Å². The van der Waals surface area contributed by atoms with Gasteiger partial charge < -0.3 is 5.32 Å². The van der Waals surface area contributed by atoms with Gasteiger partial charge in [0, 0.05) is 11.3 Å². The topological polar surface area (TPSA) is 29.1 Å². The van der Waals surface area contributed by atoms with Gasteiger partial charge in [-0.15, -0.1) is 0 Å². The van der Waals surface area contributed by atoms with Crippen molar-refractivity contribution in [2.24, 2.45) is 0 Å². The molecule has 98 valence electrons. The largest absolute Gasteiger partial charge is 0.322 e. The van der Waals surface area contributed by atoms with E-state index >= 15 is 0 Å². The minimum absolute atomic E-state index is 0.0702. The van der Waals surface area contributed by atoms with E-state index < -0.39 is 0 Å². The summed E-state index contributed by atoms with van der Waals surface area (Å²) >= 11 is 0. The van der Waals surface area contributed by atoms with Crippen molar-refractivity contribution in [2.75, 3.05) is 5.32 Å². The Hall–Kier alpha value is -2.09. The summed E-state index contributed by atoms with van der Waals surface area (Å²) in [7, 11) is 0. The number of nitrogens with one attached hydrogen (secondary N) is 1. The summed E-state index contributed by atoms with van der Waals surface area (Å²) in [6.07, 6.45) is 0. The fourth-order valence-electron chi connectivity index (χ4n) is 2.13. The lowest BCUT2D eigenvalue weighted by atomic mass is 9.97. The zero-order valence-corrected chi connectivity index (χ0v) is 11.6. The Morgan fingerprint density at radius 1 is 1.05 bits per heavy atom. The van der Waals surface area contributed by atoms with Crippen molar-refractivity contribution in [2.45, 2.75) is 26.7 Å². The van der Waals surface area contributed by atoms with E-state index in [-0.39, 0.29) is 5.91 Å². The van der Waals surface area contributed by atoms with Gasteiger partial charge in [-0.2, -0.15) is 0 Å². The van der Waals surface area contributed by atoms with Crippen molar-refractivity contribution in [3.05, 3.63) is 65.2 Å². The van der Waals surface area contributed by atoms with E-state index in [9.17, 15) is 4.79 Å². The molecule has 0 saturated carbocycles. The summed E-state index contributed by atoms with van der Waals surface area (Å²) in [6.45, 7) is 6.41. The van der Waals surface area contributed by atoms with E-state index in [1.165, 1.54) is 11.1 Å². The second-order valence-corrected chi connectivity index (χ2v) is 5.05. The Bertz CT molecular complexity index is 573. The molecule has 2 rings (SSSR count). The fourth-order valence-corrected chi connectivity index (χ4v) is 2.13. The molecule has 0 radical (unpaired) electrons. The van der Waals surface area contributed by atoms with Gasteiger partial charge in [0.2, 0.25) is 0 Å². The lowest BCUT2D eigenvalue weighted by Crippen LogP contribution is -2.12. The SMILES string of the molecule is Cc1ccc(NC(=O)c2ccccc2)cc1C(C)C. The van der Waals surface area contributed by atoms with Crippen LogP contribution in [0.15, 0.2) is 48.5 Å². The molecule has 0 saturated heterocycles. The maximum absolute atomic E-state index is 12.1. The Kier molecular flexibility index (Phi) is 4.00. The molecule has 0 heterocycles. The summed E-state index contributed by atoms with van der Waals surface area (Å²) in [4.78, 5) is 12.1. The molecule has 0 atom stereocenters. The molecule has 0 aliphatic rings. The molecule has 1 N–H and O–H groups in total. The fraction of sp³-hybridized carbons (Fsp3) is 0.235. The first-order valence-corrected chi connectivity index (χ1v) is 6.55. The van der Waals surface area contributed by atoms with Gasteiger partial charge in [0.1, 0.15) is 0 Å². The number of rotatable bonds is 3. The van der Waals surface area contributed by atoms with Crippen LogP contribution in [0.3, 0.4) is 0 Å². The lowest BCUT2D eigenvalue weighted by molar-refractivity contribution is 0.102. The van der Waals surface area contributed by atoms with Gasteiger partial charge in [-0.1, -0.05) is 38.1 Å². The van der Waals surface area contributed by atoms with Crippen molar-refractivity contribution < 1.29 is 4.79 Å². The van der Waals surface area contributed by atoms with Crippen molar-refractivity contribution in [1.29, 1.82) is 0 Å². The number of carbonyl (C=O) groups excluding carboxylic acids is 1. The van der Waals surface area contributed by atoms with Crippen molar-refractivity contribution in [1.82, 2.24) is 0 Å². The summed E-state index contributed by atoms with van der Waals surface area (Å²) in [5, 5.41) is 2.94. The van der Waals surface area contributed by atoms with Crippen LogP contribution in [0.25, 0.3) is 0 Å². The lowest BCUT2D eigenvalue weighted by Gasteiger charge is -2.12. The van der Waals surface area contributed by atoms with E-state index in [1.807, 2.05) is 36.4 Å². The number of aryl methyl sites for hydroxylation is 1. The molecule has 1 amide bonds. The Morgan fingerprint density at radius 3 is 2.37 bits per heavy atom. The molecule has 0 aliphatic carbocycles. The van der Waals surface area contributed by atoms with Crippen molar-refractivity contribution in [3.8, 4) is 0 Å². The minimum Gasteiger partial charge on any atom is -0.322 e. The van der Waals surface area contributed by atoms with Crippen LogP contribution < -0.4 is 5.32 Å². The number of amides is 1. The highest BCUT2D eigenvalue weighted by molar-refractivity contribution is 6.04. The molecular weight excluding hydrogens is 234 g/mol. The molecule has 0 aromatic heterocycles. The number of hydrogen-bond acceptors (Lipinski definition) is 1. The third kappa shape index (κ3) is 3.22. The van der Waals surface area contributed by atoms with E-state index in [2.05, 4.69) is 38.2 Å². The van der Waals surface area contributed by atoms with Crippen LogP contribution in [0.4, 0.5) is 5.69 Å². The monoisotopic (exact) mass is 253 g/mol. The smallest absolute Gasteiger partial charge is 0.255 e. The van der Waals surface area contributed by atoms with Crippen molar-refractivity contribution in [3.63, 3.8) is 0 Å². The molecule has 0 bridgehead atoms. The molecule has 2 aromatic rings.